The van der Waals surface area contributed by atoms with Crippen molar-refractivity contribution in [2.75, 3.05) is 0 Å². The van der Waals surface area contributed by atoms with Crippen molar-refractivity contribution in [3.8, 4) is 0 Å². The Bertz CT molecular complexity index is 268. The van der Waals surface area contributed by atoms with Crippen LogP contribution in [0, 0.1) is 6.07 Å². The van der Waals surface area contributed by atoms with Gasteiger partial charge in [-0.3, -0.25) is 4.79 Å². The highest BCUT2D eigenvalue weighted by atomic mass is 35.5. The Hall–Kier alpha value is -0.820. The molecule has 57 valence electrons. The van der Waals surface area contributed by atoms with Gasteiger partial charge in [0.05, 0.1) is 0 Å². The average molecular weight is 168 g/mol. The van der Waals surface area contributed by atoms with E-state index in [1.54, 1.807) is 18.2 Å². The predicted molar refractivity (Wildman–Crippen MR) is 44.9 cm³/mol. The Balaban J connectivity index is 2.96. The van der Waals surface area contributed by atoms with E-state index >= 15 is 0 Å². The van der Waals surface area contributed by atoms with Crippen molar-refractivity contribution in [3.63, 3.8) is 0 Å². The van der Waals surface area contributed by atoms with Gasteiger partial charge in [-0.15, -0.1) is 0 Å². The molecule has 0 bridgehead atoms. The first-order valence-corrected chi connectivity index (χ1v) is 3.82. The van der Waals surface area contributed by atoms with E-state index in [0.717, 1.165) is 0 Å². The van der Waals surface area contributed by atoms with Crippen LogP contribution in [0.15, 0.2) is 18.2 Å². The first-order chi connectivity index (χ1) is 5.24. The molecule has 1 aromatic rings. The zero-order valence-corrected chi connectivity index (χ0v) is 6.98. The van der Waals surface area contributed by atoms with Crippen LogP contribution in [0.1, 0.15) is 23.7 Å². The number of Topliss-reactive ketones (excluding diaryl/α,β-unsaturated/α-hetero) is 1. The molecule has 0 N–H and O–H groups in total. The zero-order chi connectivity index (χ0) is 8.27. The number of ketones is 1. The maximum absolute atomic E-state index is 11.1. The van der Waals surface area contributed by atoms with Crippen LogP contribution >= 0.6 is 11.6 Å². The quantitative estimate of drug-likeness (QED) is 0.619. The second-order valence-corrected chi connectivity index (χ2v) is 2.63. The Morgan fingerprint density at radius 3 is 3.00 bits per heavy atom. The summed E-state index contributed by atoms with van der Waals surface area (Å²) in [6.45, 7) is 1.82. The normalized spacial score (nSPS) is 9.64. The van der Waals surface area contributed by atoms with E-state index in [-0.39, 0.29) is 5.78 Å². The van der Waals surface area contributed by atoms with Gasteiger partial charge < -0.3 is 0 Å². The SMILES string of the molecule is CCC(=O)c1[c]ccc(Cl)c1. The first-order valence-electron chi connectivity index (χ1n) is 3.44. The molecule has 0 aromatic heterocycles. The van der Waals surface area contributed by atoms with Crippen molar-refractivity contribution >= 4 is 17.4 Å². The lowest BCUT2D eigenvalue weighted by atomic mass is 10.1. The van der Waals surface area contributed by atoms with Gasteiger partial charge in [0.15, 0.2) is 5.78 Å². The average Bonchev–Trinajstić information content (AvgIpc) is 2.03. The van der Waals surface area contributed by atoms with Gasteiger partial charge in [-0.2, -0.15) is 0 Å². The van der Waals surface area contributed by atoms with Gasteiger partial charge in [0.25, 0.3) is 0 Å². The van der Waals surface area contributed by atoms with Crippen molar-refractivity contribution in [2.45, 2.75) is 13.3 Å². The minimum Gasteiger partial charge on any atom is -0.294 e. The molecule has 11 heavy (non-hydrogen) atoms. The van der Waals surface area contributed by atoms with Crippen LogP contribution < -0.4 is 0 Å². The number of rotatable bonds is 2. The molecule has 0 aliphatic rings. The highest BCUT2D eigenvalue weighted by molar-refractivity contribution is 6.30. The van der Waals surface area contributed by atoms with E-state index in [1.165, 1.54) is 0 Å². The second kappa shape index (κ2) is 3.54. The Labute approximate surface area is 71.0 Å². The highest BCUT2D eigenvalue weighted by Crippen LogP contribution is 2.11. The fourth-order valence-electron chi connectivity index (χ4n) is 0.790. The lowest BCUT2D eigenvalue weighted by Crippen LogP contribution is -1.95. The summed E-state index contributed by atoms with van der Waals surface area (Å²) in [5.74, 6) is 0.0764. The summed E-state index contributed by atoms with van der Waals surface area (Å²) in [6, 6.07) is 7.82. The summed E-state index contributed by atoms with van der Waals surface area (Å²) in [6.07, 6.45) is 0.497. The minimum atomic E-state index is 0.0764. The third-order valence-corrected chi connectivity index (χ3v) is 1.62. The fourth-order valence-corrected chi connectivity index (χ4v) is 0.962. The number of halogens is 1. The molecule has 0 aliphatic carbocycles. The van der Waals surface area contributed by atoms with Gasteiger partial charge in [0.2, 0.25) is 0 Å². The van der Waals surface area contributed by atoms with E-state index in [1.807, 2.05) is 6.92 Å². The molecule has 0 heterocycles. The third kappa shape index (κ3) is 2.05. The van der Waals surface area contributed by atoms with E-state index in [2.05, 4.69) is 6.07 Å². The molecule has 1 radical (unpaired) electrons. The van der Waals surface area contributed by atoms with Crippen LogP contribution in [-0.2, 0) is 0 Å². The molecule has 0 saturated heterocycles. The van der Waals surface area contributed by atoms with Crippen molar-refractivity contribution < 1.29 is 4.79 Å². The van der Waals surface area contributed by atoms with Crippen LogP contribution in [0.25, 0.3) is 0 Å². The van der Waals surface area contributed by atoms with Gasteiger partial charge in [-0.25, -0.2) is 0 Å². The minimum absolute atomic E-state index is 0.0764. The molecular weight excluding hydrogens is 160 g/mol. The van der Waals surface area contributed by atoms with Crippen LogP contribution in [0.2, 0.25) is 5.02 Å². The third-order valence-electron chi connectivity index (χ3n) is 1.39. The Kier molecular flexibility index (Phi) is 2.66. The van der Waals surface area contributed by atoms with Gasteiger partial charge in [-0.05, 0) is 18.2 Å². The Morgan fingerprint density at radius 2 is 2.45 bits per heavy atom. The molecule has 0 atom stereocenters. The maximum atomic E-state index is 11.1. The van der Waals surface area contributed by atoms with Crippen LogP contribution in [0.3, 0.4) is 0 Å². The molecule has 0 unspecified atom stereocenters. The molecule has 1 nitrogen and oxygen atoms in total. The summed E-state index contributed by atoms with van der Waals surface area (Å²) in [7, 11) is 0. The van der Waals surface area contributed by atoms with Gasteiger partial charge >= 0.3 is 0 Å². The number of hydrogen-bond donors (Lipinski definition) is 0. The molecular formula is C9H8ClO. The lowest BCUT2D eigenvalue weighted by Gasteiger charge is -1.95. The molecule has 1 aromatic carbocycles. The monoisotopic (exact) mass is 167 g/mol. The standard InChI is InChI=1S/C9H8ClO/c1-2-9(11)7-4-3-5-8(10)6-7/h3,5-6H,2H2,1H3. The smallest absolute Gasteiger partial charge is 0.163 e. The molecule has 0 aliphatic heterocycles. The van der Waals surface area contributed by atoms with E-state index in [9.17, 15) is 4.79 Å². The lowest BCUT2D eigenvalue weighted by molar-refractivity contribution is 0.0988. The number of benzene rings is 1. The Morgan fingerprint density at radius 1 is 1.73 bits per heavy atom. The number of hydrogen-bond acceptors (Lipinski definition) is 1. The number of carbonyl (C=O) groups is 1. The van der Waals surface area contributed by atoms with E-state index in [4.69, 9.17) is 11.6 Å². The van der Waals surface area contributed by atoms with E-state index < -0.39 is 0 Å². The maximum Gasteiger partial charge on any atom is 0.163 e. The van der Waals surface area contributed by atoms with Crippen LogP contribution in [0.4, 0.5) is 0 Å². The van der Waals surface area contributed by atoms with Crippen molar-refractivity contribution in [3.05, 3.63) is 34.9 Å². The van der Waals surface area contributed by atoms with Gasteiger partial charge in [-0.1, -0.05) is 24.6 Å². The molecule has 0 amide bonds. The second-order valence-electron chi connectivity index (χ2n) is 2.20. The molecule has 0 fully saturated rings. The molecule has 0 spiro atoms. The zero-order valence-electron chi connectivity index (χ0n) is 6.23. The topological polar surface area (TPSA) is 17.1 Å². The van der Waals surface area contributed by atoms with Gasteiger partial charge in [0, 0.05) is 17.0 Å². The summed E-state index contributed by atoms with van der Waals surface area (Å²) in [5, 5.41) is 0.584. The number of carbonyl (C=O) groups excluding carboxylic acids is 1. The van der Waals surface area contributed by atoms with Crippen molar-refractivity contribution in [1.82, 2.24) is 0 Å². The summed E-state index contributed by atoms with van der Waals surface area (Å²) in [4.78, 5) is 11.1. The molecule has 0 saturated carbocycles. The largest absolute Gasteiger partial charge is 0.294 e. The molecule has 1 rings (SSSR count). The van der Waals surface area contributed by atoms with Crippen molar-refractivity contribution in [1.29, 1.82) is 0 Å². The highest BCUT2D eigenvalue weighted by Gasteiger charge is 2.01. The van der Waals surface area contributed by atoms with E-state index in [0.29, 0.717) is 17.0 Å². The predicted octanol–water partition coefficient (Wildman–Crippen LogP) is 2.73. The summed E-state index contributed by atoms with van der Waals surface area (Å²) in [5.41, 5.74) is 0.569. The van der Waals surface area contributed by atoms with Gasteiger partial charge in [0.1, 0.15) is 0 Å². The van der Waals surface area contributed by atoms with Crippen molar-refractivity contribution in [2.24, 2.45) is 0 Å². The summed E-state index contributed by atoms with van der Waals surface area (Å²) < 4.78 is 0. The summed E-state index contributed by atoms with van der Waals surface area (Å²) >= 11 is 5.67. The first kappa shape index (κ1) is 8.28. The van der Waals surface area contributed by atoms with Crippen LogP contribution in [-0.4, -0.2) is 5.78 Å². The van der Waals surface area contributed by atoms with Crippen LogP contribution in [0.5, 0.6) is 0 Å². The molecule has 2 heteroatoms. The fraction of sp³-hybridized carbons (Fsp3) is 0.222.